The van der Waals surface area contributed by atoms with E-state index in [2.05, 4.69) is 5.32 Å². The minimum absolute atomic E-state index is 0.0416. The summed E-state index contributed by atoms with van der Waals surface area (Å²) >= 11 is 0. The lowest BCUT2D eigenvalue weighted by atomic mass is 10.1. The summed E-state index contributed by atoms with van der Waals surface area (Å²) in [6.07, 6.45) is 2.33. The van der Waals surface area contributed by atoms with Crippen LogP contribution in [-0.4, -0.2) is 63.7 Å². The first-order valence-electron chi connectivity index (χ1n) is 11.7. The second-order valence-corrected chi connectivity index (χ2v) is 10.7. The predicted octanol–water partition coefficient (Wildman–Crippen LogP) is 3.14. The van der Waals surface area contributed by atoms with Crippen molar-refractivity contribution in [2.75, 3.05) is 30.8 Å². The number of carbonyl (C=O) groups is 2. The van der Waals surface area contributed by atoms with E-state index < -0.39 is 28.5 Å². The van der Waals surface area contributed by atoms with Crippen molar-refractivity contribution in [2.45, 2.75) is 52.6 Å². The number of ether oxygens (including phenoxy) is 1. The number of hydrogen-bond donors (Lipinski definition) is 1. The van der Waals surface area contributed by atoms with Crippen LogP contribution in [0.1, 0.15) is 38.3 Å². The Morgan fingerprint density at radius 2 is 1.74 bits per heavy atom. The number of nitrogens with zero attached hydrogens (tertiary/aromatic N) is 2. The van der Waals surface area contributed by atoms with Crippen LogP contribution in [0.2, 0.25) is 0 Å². The van der Waals surface area contributed by atoms with Crippen LogP contribution >= 0.6 is 0 Å². The third-order valence-corrected chi connectivity index (χ3v) is 7.06. The Morgan fingerprint density at radius 3 is 2.31 bits per heavy atom. The van der Waals surface area contributed by atoms with Gasteiger partial charge in [0.1, 0.15) is 18.3 Å². The van der Waals surface area contributed by atoms with E-state index in [-0.39, 0.29) is 24.2 Å². The molecule has 0 unspecified atom stereocenters. The number of benzene rings is 2. The lowest BCUT2D eigenvalue weighted by Crippen LogP contribution is -2.53. The Kier molecular flexibility index (Phi) is 10.1. The summed E-state index contributed by atoms with van der Waals surface area (Å²) in [5.74, 6) is -0.409. The Balaban J connectivity index is 2.38. The third kappa shape index (κ3) is 7.99. The van der Waals surface area contributed by atoms with E-state index in [4.69, 9.17) is 4.74 Å². The van der Waals surface area contributed by atoms with E-state index in [1.807, 2.05) is 51.1 Å². The predicted molar refractivity (Wildman–Crippen MR) is 139 cm³/mol. The molecule has 8 nitrogen and oxygen atoms in total. The number of sulfonamides is 1. The molecule has 0 aliphatic heterocycles. The Hall–Kier alpha value is -3.07. The van der Waals surface area contributed by atoms with Crippen molar-refractivity contribution in [3.63, 3.8) is 0 Å². The van der Waals surface area contributed by atoms with Crippen molar-refractivity contribution in [3.8, 4) is 5.75 Å². The number of methoxy groups -OCH3 is 1. The fraction of sp³-hybridized carbons (Fsp3) is 0.462. The van der Waals surface area contributed by atoms with Crippen LogP contribution in [0, 0.1) is 6.92 Å². The van der Waals surface area contributed by atoms with Crippen LogP contribution in [0.25, 0.3) is 0 Å². The molecule has 2 aromatic rings. The van der Waals surface area contributed by atoms with Crippen molar-refractivity contribution >= 4 is 27.5 Å². The van der Waals surface area contributed by atoms with Crippen LogP contribution in [-0.2, 0) is 26.0 Å². The minimum Gasteiger partial charge on any atom is -0.495 e. The Bertz CT molecular complexity index is 1110. The summed E-state index contributed by atoms with van der Waals surface area (Å²) in [5, 5.41) is 2.92. The molecule has 2 rings (SSSR count). The molecule has 0 aromatic heterocycles. The molecular formula is C26H37N3O5S. The van der Waals surface area contributed by atoms with Gasteiger partial charge in [0.05, 0.1) is 19.1 Å². The maximum absolute atomic E-state index is 13.6. The smallest absolute Gasteiger partial charge is 0.244 e. The molecule has 2 amide bonds. The normalized spacial score (nSPS) is 13.0. The fourth-order valence-corrected chi connectivity index (χ4v) is 4.47. The number of carbonyl (C=O) groups excluding carboxylic acids is 2. The number of hydrogen-bond acceptors (Lipinski definition) is 5. The number of anilines is 1. The van der Waals surface area contributed by atoms with Crippen molar-refractivity contribution in [1.82, 2.24) is 10.2 Å². The monoisotopic (exact) mass is 503 g/mol. The second-order valence-electron chi connectivity index (χ2n) is 8.76. The Labute approximate surface area is 209 Å². The van der Waals surface area contributed by atoms with Gasteiger partial charge in [-0.25, -0.2) is 8.42 Å². The van der Waals surface area contributed by atoms with Gasteiger partial charge in [0.15, 0.2) is 0 Å². The van der Waals surface area contributed by atoms with Gasteiger partial charge in [-0.15, -0.1) is 0 Å². The molecule has 9 heteroatoms. The first-order valence-corrected chi connectivity index (χ1v) is 13.6. The van der Waals surface area contributed by atoms with Gasteiger partial charge in [-0.3, -0.25) is 13.9 Å². The van der Waals surface area contributed by atoms with E-state index in [0.717, 1.165) is 28.1 Å². The van der Waals surface area contributed by atoms with Gasteiger partial charge in [0.25, 0.3) is 0 Å². The van der Waals surface area contributed by atoms with E-state index >= 15 is 0 Å². The number of amides is 2. The number of nitrogens with one attached hydrogen (secondary N) is 1. The van der Waals surface area contributed by atoms with E-state index in [1.165, 1.54) is 12.0 Å². The number of aryl methyl sites for hydroxylation is 1. The second kappa shape index (κ2) is 12.6. The van der Waals surface area contributed by atoms with Crippen molar-refractivity contribution < 1.29 is 22.7 Å². The van der Waals surface area contributed by atoms with Crippen LogP contribution in [0.5, 0.6) is 5.75 Å². The zero-order valence-electron chi connectivity index (χ0n) is 21.4. The molecule has 2 aromatic carbocycles. The van der Waals surface area contributed by atoms with Crippen LogP contribution in [0.3, 0.4) is 0 Å². The lowest BCUT2D eigenvalue weighted by molar-refractivity contribution is -0.139. The van der Waals surface area contributed by atoms with Crippen molar-refractivity contribution in [3.05, 3.63) is 59.7 Å². The largest absolute Gasteiger partial charge is 0.495 e. The quantitative estimate of drug-likeness (QED) is 0.480. The highest BCUT2D eigenvalue weighted by atomic mass is 32.2. The molecule has 0 saturated carbocycles. The average molecular weight is 504 g/mol. The van der Waals surface area contributed by atoms with Gasteiger partial charge in [-0.05, 0) is 56.9 Å². The molecule has 0 radical (unpaired) electrons. The first-order chi connectivity index (χ1) is 16.5. The summed E-state index contributed by atoms with van der Waals surface area (Å²) in [6.45, 7) is 7.18. The summed E-state index contributed by atoms with van der Waals surface area (Å²) < 4.78 is 31.9. The highest BCUT2D eigenvalue weighted by Crippen LogP contribution is 2.31. The van der Waals surface area contributed by atoms with Crippen LogP contribution in [0.15, 0.2) is 48.5 Å². The third-order valence-electron chi connectivity index (χ3n) is 5.93. The molecule has 192 valence electrons. The van der Waals surface area contributed by atoms with Crippen molar-refractivity contribution in [2.24, 2.45) is 0 Å². The molecule has 0 spiro atoms. The van der Waals surface area contributed by atoms with Gasteiger partial charge in [-0.1, -0.05) is 43.3 Å². The topological polar surface area (TPSA) is 96.0 Å². The molecule has 2 atom stereocenters. The molecule has 0 saturated heterocycles. The van der Waals surface area contributed by atoms with E-state index in [1.54, 1.807) is 25.1 Å². The average Bonchev–Trinajstić information content (AvgIpc) is 2.82. The van der Waals surface area contributed by atoms with Gasteiger partial charge >= 0.3 is 0 Å². The standard InChI is InChI=1S/C26H37N3O5S/c1-7-20(3)27-26(31)21(4)28(16-15-22-11-9-8-10-12-22)25(30)18-29(35(6,32)33)23-17-19(2)13-14-24(23)34-5/h8-14,17,20-21H,7,15-16,18H2,1-6H3,(H,27,31)/t20-,21-/m0/s1. The molecule has 0 aliphatic carbocycles. The van der Waals surface area contributed by atoms with Crippen molar-refractivity contribution in [1.29, 1.82) is 0 Å². The summed E-state index contributed by atoms with van der Waals surface area (Å²) in [6, 6.07) is 14.0. The summed E-state index contributed by atoms with van der Waals surface area (Å²) in [7, 11) is -2.38. The van der Waals surface area contributed by atoms with Gasteiger partial charge in [0.2, 0.25) is 21.8 Å². The molecule has 0 heterocycles. The summed E-state index contributed by atoms with van der Waals surface area (Å²) in [4.78, 5) is 27.9. The zero-order chi connectivity index (χ0) is 26.2. The molecule has 35 heavy (non-hydrogen) atoms. The van der Waals surface area contributed by atoms with E-state index in [0.29, 0.717) is 12.2 Å². The highest BCUT2D eigenvalue weighted by Gasteiger charge is 2.31. The molecule has 1 N–H and O–H groups in total. The molecular weight excluding hydrogens is 466 g/mol. The zero-order valence-corrected chi connectivity index (χ0v) is 22.3. The Morgan fingerprint density at radius 1 is 1.09 bits per heavy atom. The van der Waals surface area contributed by atoms with Crippen LogP contribution < -0.4 is 14.4 Å². The van der Waals surface area contributed by atoms with E-state index in [9.17, 15) is 18.0 Å². The maximum atomic E-state index is 13.6. The van der Waals surface area contributed by atoms with Gasteiger partial charge in [0, 0.05) is 12.6 Å². The highest BCUT2D eigenvalue weighted by molar-refractivity contribution is 7.92. The summed E-state index contributed by atoms with van der Waals surface area (Å²) in [5.41, 5.74) is 2.12. The SMILES string of the molecule is CC[C@H](C)NC(=O)[C@H](C)N(CCc1ccccc1)C(=O)CN(c1cc(C)ccc1OC)S(C)(=O)=O. The van der Waals surface area contributed by atoms with Gasteiger partial charge < -0.3 is 15.0 Å². The van der Waals surface area contributed by atoms with Gasteiger partial charge in [-0.2, -0.15) is 0 Å². The maximum Gasteiger partial charge on any atom is 0.244 e. The number of rotatable bonds is 12. The van der Waals surface area contributed by atoms with Crippen LogP contribution in [0.4, 0.5) is 5.69 Å². The lowest BCUT2D eigenvalue weighted by Gasteiger charge is -2.32. The molecule has 0 bridgehead atoms. The minimum atomic E-state index is -3.83. The molecule has 0 aliphatic rings. The fourth-order valence-electron chi connectivity index (χ4n) is 3.63. The first kappa shape index (κ1) is 28.2. The molecule has 0 fully saturated rings.